The molecule has 3 amide bonds. The minimum Gasteiger partial charge on any atom is -0.382 e. The van der Waals surface area contributed by atoms with E-state index < -0.39 is 5.91 Å². The fraction of sp³-hybridized carbons (Fsp3) is 0.286. The second-order valence-electron chi connectivity index (χ2n) is 8.35. The molecule has 13 heteroatoms. The van der Waals surface area contributed by atoms with Gasteiger partial charge in [-0.25, -0.2) is 14.8 Å². The predicted octanol–water partition coefficient (Wildman–Crippen LogP) is 1.53. The van der Waals surface area contributed by atoms with Crippen LogP contribution in [-0.4, -0.2) is 62.9 Å². The van der Waals surface area contributed by atoms with E-state index in [2.05, 4.69) is 35.9 Å². The van der Waals surface area contributed by atoms with Crippen LogP contribution in [0.2, 0.25) is 5.15 Å². The number of hydrogen-bond donors (Lipinski definition) is 6. The number of carbonyl (C=O) groups is 2. The molecule has 2 aliphatic rings. The zero-order valence-corrected chi connectivity index (χ0v) is 18.8. The van der Waals surface area contributed by atoms with Crippen LogP contribution in [0, 0.1) is 0 Å². The molecule has 8 N–H and O–H groups in total. The maximum Gasteiger partial charge on any atom is 0.321 e. The number of rotatable bonds is 2. The molecule has 2 saturated heterocycles. The van der Waals surface area contributed by atoms with Gasteiger partial charge in [0.05, 0.1) is 5.54 Å². The molecular weight excluding hydrogens is 460 g/mol. The van der Waals surface area contributed by atoms with Crippen LogP contribution >= 0.6 is 11.6 Å². The summed E-state index contributed by atoms with van der Waals surface area (Å²) >= 11 is 5.85. The van der Waals surface area contributed by atoms with E-state index in [1.807, 2.05) is 30.5 Å². The normalized spacial score (nSPS) is 18.1. The first kappa shape index (κ1) is 21.8. The van der Waals surface area contributed by atoms with Gasteiger partial charge in [0.1, 0.15) is 0 Å². The molecule has 176 valence electrons. The van der Waals surface area contributed by atoms with Crippen molar-refractivity contribution in [1.29, 1.82) is 0 Å². The number of aromatic amines is 1. The van der Waals surface area contributed by atoms with Gasteiger partial charge in [0.15, 0.2) is 28.4 Å². The van der Waals surface area contributed by atoms with Crippen LogP contribution in [0.1, 0.15) is 23.3 Å². The number of likely N-dealkylation sites (tertiary alicyclic amines) is 1. The minimum atomic E-state index is -0.685. The van der Waals surface area contributed by atoms with Crippen LogP contribution in [0.5, 0.6) is 0 Å². The number of anilines is 3. The van der Waals surface area contributed by atoms with Crippen molar-refractivity contribution in [2.24, 2.45) is 4.99 Å². The Labute approximate surface area is 199 Å². The zero-order valence-electron chi connectivity index (χ0n) is 18.1. The smallest absolute Gasteiger partial charge is 0.321 e. The Bertz CT molecular complexity index is 1310. The number of fused-ring (bicyclic) bond motifs is 1. The first-order valence-corrected chi connectivity index (χ1v) is 11.1. The lowest BCUT2D eigenvalue weighted by atomic mass is 9.89. The summed E-state index contributed by atoms with van der Waals surface area (Å²) < 4.78 is 0. The number of halogens is 1. The third kappa shape index (κ3) is 4.15. The number of guanidine groups is 1. The van der Waals surface area contributed by atoms with Gasteiger partial charge in [-0.3, -0.25) is 4.79 Å². The summed E-state index contributed by atoms with van der Waals surface area (Å²) in [7, 11) is 0. The molecule has 3 aromatic rings. The number of nitrogen functional groups attached to an aromatic ring is 2. The van der Waals surface area contributed by atoms with Crippen molar-refractivity contribution in [3.05, 3.63) is 41.3 Å². The number of aromatic nitrogens is 3. The summed E-state index contributed by atoms with van der Waals surface area (Å²) in [5, 5.41) is 10.3. The summed E-state index contributed by atoms with van der Waals surface area (Å²) in [6.07, 6.45) is 3.24. The molecule has 0 aliphatic carbocycles. The highest BCUT2D eigenvalue weighted by molar-refractivity contribution is 6.31. The summed E-state index contributed by atoms with van der Waals surface area (Å²) in [5.74, 6) is -0.564. The average Bonchev–Trinajstić information content (AvgIpc) is 3.43. The first-order chi connectivity index (χ1) is 16.3. The Kier molecular flexibility index (Phi) is 5.36. The molecule has 0 unspecified atom stereocenters. The Hall–Kier alpha value is -4.06. The standard InChI is InChI=1S/C21H23ClN10O2/c22-15-17(24)29-16(23)14(28-15)18(33)30-19-26-10-21(31-19)4-7-32(8-5-21)20(34)27-12-1-2-13-11(9-12)3-6-25-13/h1-3,6,9,25H,4-5,7-8,10H2,(H,27,34)(H4,23,24,29)(H2,26,30,31,33). The van der Waals surface area contributed by atoms with E-state index in [1.54, 1.807) is 4.90 Å². The van der Waals surface area contributed by atoms with E-state index in [9.17, 15) is 9.59 Å². The van der Waals surface area contributed by atoms with Gasteiger partial charge in [0.25, 0.3) is 0 Å². The highest BCUT2D eigenvalue weighted by Gasteiger charge is 2.40. The first-order valence-electron chi connectivity index (χ1n) is 10.7. The van der Waals surface area contributed by atoms with E-state index in [-0.39, 0.29) is 34.1 Å². The van der Waals surface area contributed by atoms with Crippen LogP contribution in [0.25, 0.3) is 10.9 Å². The SMILES string of the molecule is Nc1nc(N)c(C(=O)/N=C2\NCC3(CCN(C(=O)Nc4ccc5[nH]ccc5c4)CC3)N2)nc1Cl. The van der Waals surface area contributed by atoms with Gasteiger partial charge < -0.3 is 37.3 Å². The van der Waals surface area contributed by atoms with Crippen LogP contribution in [0.15, 0.2) is 35.5 Å². The number of aliphatic imine (C=N–C) groups is 1. The number of amides is 3. The molecule has 1 spiro atoms. The van der Waals surface area contributed by atoms with Crippen molar-refractivity contribution in [3.63, 3.8) is 0 Å². The molecular formula is C21H23ClN10O2. The topological polar surface area (TPSA) is 179 Å². The quantitative estimate of drug-likeness (QED) is 0.318. The summed E-state index contributed by atoms with van der Waals surface area (Å²) in [6.45, 7) is 1.68. The number of benzene rings is 1. The summed E-state index contributed by atoms with van der Waals surface area (Å²) in [6, 6.07) is 7.55. The number of nitrogens with one attached hydrogen (secondary N) is 4. The van der Waals surface area contributed by atoms with Gasteiger partial charge in [-0.2, -0.15) is 4.99 Å². The third-order valence-corrected chi connectivity index (χ3v) is 6.39. The highest BCUT2D eigenvalue weighted by atomic mass is 35.5. The lowest BCUT2D eigenvalue weighted by Crippen LogP contribution is -2.54. The van der Waals surface area contributed by atoms with E-state index in [0.717, 1.165) is 16.6 Å². The molecule has 4 heterocycles. The molecule has 2 aromatic heterocycles. The number of piperidine rings is 1. The van der Waals surface area contributed by atoms with Gasteiger partial charge in [0, 0.05) is 42.4 Å². The van der Waals surface area contributed by atoms with E-state index in [4.69, 9.17) is 23.1 Å². The molecule has 34 heavy (non-hydrogen) atoms. The molecule has 0 saturated carbocycles. The largest absolute Gasteiger partial charge is 0.382 e. The van der Waals surface area contributed by atoms with E-state index in [0.29, 0.717) is 38.4 Å². The van der Waals surface area contributed by atoms with Gasteiger partial charge in [0.2, 0.25) is 0 Å². The van der Waals surface area contributed by atoms with Crippen LogP contribution in [0.4, 0.5) is 22.1 Å². The van der Waals surface area contributed by atoms with Crippen molar-refractivity contribution in [1.82, 2.24) is 30.5 Å². The second-order valence-corrected chi connectivity index (χ2v) is 8.71. The molecule has 12 nitrogen and oxygen atoms in total. The number of urea groups is 1. The third-order valence-electron chi connectivity index (χ3n) is 6.11. The van der Waals surface area contributed by atoms with Crippen LogP contribution in [-0.2, 0) is 0 Å². The molecule has 2 aliphatic heterocycles. The van der Waals surface area contributed by atoms with Crippen molar-refractivity contribution in [2.45, 2.75) is 18.4 Å². The maximum absolute atomic E-state index is 12.8. The fourth-order valence-corrected chi connectivity index (χ4v) is 4.31. The number of nitrogens with zero attached hydrogens (tertiary/aromatic N) is 4. The maximum atomic E-state index is 12.8. The van der Waals surface area contributed by atoms with Crippen molar-refractivity contribution in [3.8, 4) is 0 Å². The summed E-state index contributed by atoms with van der Waals surface area (Å²) in [4.78, 5) is 41.9. The molecule has 5 rings (SSSR count). The number of hydrogen-bond acceptors (Lipinski definition) is 6. The molecule has 2 fully saturated rings. The second kappa shape index (κ2) is 8.37. The lowest BCUT2D eigenvalue weighted by molar-refractivity contribution is 0.0998. The van der Waals surface area contributed by atoms with Crippen LogP contribution < -0.4 is 27.4 Å². The van der Waals surface area contributed by atoms with Crippen LogP contribution in [0.3, 0.4) is 0 Å². The summed E-state index contributed by atoms with van der Waals surface area (Å²) in [5.41, 5.74) is 12.6. The zero-order chi connectivity index (χ0) is 23.9. The monoisotopic (exact) mass is 482 g/mol. The van der Waals surface area contributed by atoms with Crippen molar-refractivity contribution >= 4 is 57.7 Å². The Morgan fingerprint density at radius 2 is 1.94 bits per heavy atom. The van der Waals surface area contributed by atoms with E-state index >= 15 is 0 Å². The number of H-pyrrole nitrogens is 1. The minimum absolute atomic E-state index is 0.0553. The van der Waals surface area contributed by atoms with Crippen molar-refractivity contribution < 1.29 is 9.59 Å². The lowest BCUT2D eigenvalue weighted by Gasteiger charge is -2.38. The Balaban J connectivity index is 1.19. The van der Waals surface area contributed by atoms with Gasteiger partial charge in [-0.15, -0.1) is 0 Å². The molecule has 0 bridgehead atoms. The van der Waals surface area contributed by atoms with Gasteiger partial charge in [-0.1, -0.05) is 11.6 Å². The number of nitrogens with two attached hydrogens (primary N) is 2. The molecule has 1 aromatic carbocycles. The number of carbonyl (C=O) groups excluding carboxylic acids is 2. The predicted molar refractivity (Wildman–Crippen MR) is 130 cm³/mol. The molecule has 0 radical (unpaired) electrons. The van der Waals surface area contributed by atoms with Gasteiger partial charge in [-0.05, 0) is 37.1 Å². The molecule has 0 atom stereocenters. The van der Waals surface area contributed by atoms with Gasteiger partial charge >= 0.3 is 11.9 Å². The average molecular weight is 483 g/mol. The van der Waals surface area contributed by atoms with E-state index in [1.165, 1.54) is 0 Å². The Morgan fingerprint density at radius 3 is 2.74 bits per heavy atom. The highest BCUT2D eigenvalue weighted by Crippen LogP contribution is 2.26. The fourth-order valence-electron chi connectivity index (χ4n) is 4.19. The Morgan fingerprint density at radius 1 is 1.15 bits per heavy atom. The van der Waals surface area contributed by atoms with Crippen molar-refractivity contribution in [2.75, 3.05) is 36.4 Å².